The topological polar surface area (TPSA) is 86.8 Å². The average molecular weight is 444 g/mol. The molecule has 0 aromatic heterocycles. The Hall–Kier alpha value is -2.71. The number of hydrogen-bond acceptors (Lipinski definition) is 4. The zero-order chi connectivity index (χ0) is 22.8. The van der Waals surface area contributed by atoms with E-state index in [0.29, 0.717) is 11.6 Å². The maximum atomic E-state index is 13.3. The first-order chi connectivity index (χ1) is 14.5. The molecule has 1 N–H and O–H groups in total. The number of carbonyl (C=O) groups is 2. The molecule has 8 heteroatoms. The second-order valence-corrected chi connectivity index (χ2v) is 10.4. The number of piperazine rings is 1. The molecule has 1 atom stereocenters. The molecule has 2 aromatic carbocycles. The molecule has 3 rings (SSSR count). The van der Waals surface area contributed by atoms with E-state index in [1.807, 2.05) is 54.6 Å². The quantitative estimate of drug-likeness (QED) is 0.743. The van der Waals surface area contributed by atoms with Crippen molar-refractivity contribution in [3.63, 3.8) is 0 Å². The maximum Gasteiger partial charge on any atom is 0.247 e. The molecule has 1 saturated heterocycles. The number of anilines is 1. The summed E-state index contributed by atoms with van der Waals surface area (Å²) in [5.41, 5.74) is 1.20. The van der Waals surface area contributed by atoms with Crippen molar-refractivity contribution in [3.05, 3.63) is 65.7 Å². The summed E-state index contributed by atoms with van der Waals surface area (Å²) in [6.07, 6.45) is 1.05. The van der Waals surface area contributed by atoms with Crippen molar-refractivity contribution < 1.29 is 18.0 Å². The van der Waals surface area contributed by atoms with Crippen LogP contribution in [0.3, 0.4) is 0 Å². The van der Waals surface area contributed by atoms with Crippen molar-refractivity contribution >= 4 is 27.5 Å². The van der Waals surface area contributed by atoms with Crippen LogP contribution in [0.1, 0.15) is 37.8 Å². The van der Waals surface area contributed by atoms with Gasteiger partial charge in [-0.2, -0.15) is 4.31 Å². The number of benzene rings is 2. The van der Waals surface area contributed by atoms with E-state index < -0.39 is 27.4 Å². The van der Waals surface area contributed by atoms with Crippen molar-refractivity contribution in [2.24, 2.45) is 0 Å². The van der Waals surface area contributed by atoms with Crippen LogP contribution in [-0.4, -0.2) is 49.4 Å². The molecule has 31 heavy (non-hydrogen) atoms. The Labute approximate surface area is 184 Å². The second kappa shape index (κ2) is 8.80. The Morgan fingerprint density at radius 1 is 1.10 bits per heavy atom. The van der Waals surface area contributed by atoms with Gasteiger partial charge in [-0.1, -0.05) is 56.3 Å². The van der Waals surface area contributed by atoms with Gasteiger partial charge in [0, 0.05) is 18.8 Å². The number of amides is 2. The molecule has 1 aliphatic rings. The Bertz CT molecular complexity index is 1050. The predicted octanol–water partition coefficient (Wildman–Crippen LogP) is 2.49. The van der Waals surface area contributed by atoms with Gasteiger partial charge in [-0.25, -0.2) is 8.42 Å². The van der Waals surface area contributed by atoms with E-state index in [0.717, 1.165) is 21.7 Å². The van der Waals surface area contributed by atoms with Crippen LogP contribution in [0.25, 0.3) is 0 Å². The smallest absolute Gasteiger partial charge is 0.247 e. The van der Waals surface area contributed by atoms with Crippen LogP contribution in [0.5, 0.6) is 0 Å². The number of hydrogen-bond donors (Lipinski definition) is 1. The van der Waals surface area contributed by atoms with Crippen molar-refractivity contribution in [1.29, 1.82) is 0 Å². The fraction of sp³-hybridized carbons (Fsp3) is 0.391. The lowest BCUT2D eigenvalue weighted by Crippen LogP contribution is -2.70. The van der Waals surface area contributed by atoms with E-state index in [-0.39, 0.29) is 19.6 Å². The summed E-state index contributed by atoms with van der Waals surface area (Å²) in [5.74, 6) is -0.523. The first-order valence-electron chi connectivity index (χ1n) is 10.2. The van der Waals surface area contributed by atoms with Gasteiger partial charge in [0.15, 0.2) is 0 Å². The standard InChI is InChI=1S/C23H29N3O4S/c1-17(2)19-10-12-20(13-11-19)26-21(27)15-25(31(4,29)30)16-23(26,3)22(28)24-14-18-8-6-5-7-9-18/h5-13,17H,14-16H2,1-4H3,(H,24,28)/t23-/m0/s1. The lowest BCUT2D eigenvalue weighted by atomic mass is 9.93. The third-order valence-corrected chi connectivity index (χ3v) is 6.81. The molecular weight excluding hydrogens is 414 g/mol. The number of rotatable bonds is 6. The molecule has 166 valence electrons. The van der Waals surface area contributed by atoms with Crippen LogP contribution in [-0.2, 0) is 26.2 Å². The summed E-state index contributed by atoms with van der Waals surface area (Å²) in [4.78, 5) is 27.9. The van der Waals surface area contributed by atoms with Gasteiger partial charge in [0.1, 0.15) is 5.54 Å². The van der Waals surface area contributed by atoms with E-state index in [1.165, 1.54) is 4.90 Å². The van der Waals surface area contributed by atoms with Crippen LogP contribution >= 0.6 is 0 Å². The maximum absolute atomic E-state index is 13.3. The minimum absolute atomic E-state index is 0.121. The third kappa shape index (κ3) is 4.97. The zero-order valence-electron chi connectivity index (χ0n) is 18.3. The van der Waals surface area contributed by atoms with Crippen molar-refractivity contribution in [2.75, 3.05) is 24.2 Å². The van der Waals surface area contributed by atoms with E-state index in [1.54, 1.807) is 6.92 Å². The first kappa shape index (κ1) is 23.0. The molecule has 2 aromatic rings. The summed E-state index contributed by atoms with van der Waals surface area (Å²) in [6.45, 7) is 5.62. The highest BCUT2D eigenvalue weighted by Crippen LogP contribution is 2.31. The summed E-state index contributed by atoms with van der Waals surface area (Å²) in [7, 11) is -3.65. The number of carbonyl (C=O) groups excluding carboxylic acids is 2. The number of sulfonamides is 1. The lowest BCUT2D eigenvalue weighted by molar-refractivity contribution is -0.133. The molecule has 1 aliphatic heterocycles. The summed E-state index contributed by atoms with van der Waals surface area (Å²) < 4.78 is 25.5. The van der Waals surface area contributed by atoms with E-state index in [4.69, 9.17) is 0 Å². The molecule has 1 heterocycles. The molecule has 0 bridgehead atoms. The minimum atomic E-state index is -3.65. The monoisotopic (exact) mass is 443 g/mol. The fourth-order valence-electron chi connectivity index (χ4n) is 3.78. The molecule has 0 aliphatic carbocycles. The van der Waals surface area contributed by atoms with Crippen LogP contribution in [0, 0.1) is 0 Å². The third-order valence-electron chi connectivity index (χ3n) is 5.61. The summed E-state index contributed by atoms with van der Waals surface area (Å²) in [5, 5.41) is 2.88. The number of nitrogens with one attached hydrogen (secondary N) is 1. The molecule has 0 saturated carbocycles. The van der Waals surface area contributed by atoms with E-state index >= 15 is 0 Å². The highest BCUT2D eigenvalue weighted by molar-refractivity contribution is 7.88. The van der Waals surface area contributed by atoms with Gasteiger partial charge in [0.2, 0.25) is 21.8 Å². The molecule has 7 nitrogen and oxygen atoms in total. The van der Waals surface area contributed by atoms with Crippen LogP contribution < -0.4 is 10.2 Å². The first-order valence-corrected chi connectivity index (χ1v) is 12.1. The Kier molecular flexibility index (Phi) is 6.52. The minimum Gasteiger partial charge on any atom is -0.350 e. The summed E-state index contributed by atoms with van der Waals surface area (Å²) in [6, 6.07) is 16.9. The number of nitrogens with zero attached hydrogens (tertiary/aromatic N) is 2. The second-order valence-electron chi connectivity index (χ2n) is 8.45. The zero-order valence-corrected chi connectivity index (χ0v) is 19.1. The highest BCUT2D eigenvalue weighted by Gasteiger charge is 2.50. The van der Waals surface area contributed by atoms with Gasteiger partial charge in [-0.3, -0.25) is 14.5 Å². The van der Waals surface area contributed by atoms with Crippen LogP contribution in [0.2, 0.25) is 0 Å². The van der Waals surface area contributed by atoms with Gasteiger partial charge in [0.05, 0.1) is 12.8 Å². The van der Waals surface area contributed by atoms with Gasteiger partial charge in [-0.05, 0) is 36.1 Å². The largest absolute Gasteiger partial charge is 0.350 e. The van der Waals surface area contributed by atoms with Gasteiger partial charge in [0.25, 0.3) is 0 Å². The lowest BCUT2D eigenvalue weighted by Gasteiger charge is -2.46. The average Bonchev–Trinajstić information content (AvgIpc) is 2.72. The highest BCUT2D eigenvalue weighted by atomic mass is 32.2. The Morgan fingerprint density at radius 2 is 1.71 bits per heavy atom. The van der Waals surface area contributed by atoms with Crippen LogP contribution in [0.15, 0.2) is 54.6 Å². The van der Waals surface area contributed by atoms with Gasteiger partial charge in [-0.15, -0.1) is 0 Å². The molecule has 0 radical (unpaired) electrons. The molecule has 0 unspecified atom stereocenters. The van der Waals surface area contributed by atoms with Crippen molar-refractivity contribution in [3.8, 4) is 0 Å². The normalized spacial score (nSPS) is 20.2. The predicted molar refractivity (Wildman–Crippen MR) is 121 cm³/mol. The fourth-order valence-corrected chi connectivity index (χ4v) is 4.61. The van der Waals surface area contributed by atoms with Gasteiger partial charge < -0.3 is 5.32 Å². The van der Waals surface area contributed by atoms with E-state index in [9.17, 15) is 18.0 Å². The van der Waals surface area contributed by atoms with Gasteiger partial charge >= 0.3 is 0 Å². The molecular formula is C23H29N3O4S. The molecule has 1 fully saturated rings. The van der Waals surface area contributed by atoms with E-state index in [2.05, 4.69) is 19.2 Å². The SMILES string of the molecule is CC(C)c1ccc(N2C(=O)CN(S(C)(=O)=O)C[C@@]2(C)C(=O)NCc2ccccc2)cc1. The molecule has 2 amide bonds. The summed E-state index contributed by atoms with van der Waals surface area (Å²) >= 11 is 0. The Morgan fingerprint density at radius 3 is 2.26 bits per heavy atom. The van der Waals surface area contributed by atoms with Crippen LogP contribution in [0.4, 0.5) is 5.69 Å². The Balaban J connectivity index is 1.95. The molecule has 0 spiro atoms. The van der Waals surface area contributed by atoms with Crippen molar-refractivity contribution in [2.45, 2.75) is 38.8 Å². The van der Waals surface area contributed by atoms with Crippen molar-refractivity contribution in [1.82, 2.24) is 9.62 Å².